The Morgan fingerprint density at radius 3 is 2.38 bits per heavy atom. The van der Waals surface area contributed by atoms with Crippen LogP contribution in [0.5, 0.6) is 0 Å². The fourth-order valence-electron chi connectivity index (χ4n) is 1.56. The first-order valence-electron chi connectivity index (χ1n) is 4.98. The molecular formula is C9H16ClNO4S. The fourth-order valence-corrected chi connectivity index (χ4v) is 3.04. The predicted octanol–water partition coefficient (Wildman–Crippen LogP) is 0.485. The summed E-state index contributed by atoms with van der Waals surface area (Å²) in [5, 5.41) is 1.93. The molecule has 1 aliphatic heterocycles. The Balaban J connectivity index is 2.77. The second-order valence-corrected chi connectivity index (χ2v) is 7.66. The highest BCUT2D eigenvalue weighted by molar-refractivity contribution is 8.14. The number of rotatable bonds is 2. The first-order valence-corrected chi connectivity index (χ1v) is 7.35. The fraction of sp³-hybridized carbons (Fsp3) is 0.889. The first kappa shape index (κ1) is 13.7. The molecule has 7 heteroatoms. The lowest BCUT2D eigenvalue weighted by Gasteiger charge is -2.23. The molecule has 0 saturated carbocycles. The molecule has 0 aliphatic carbocycles. The Morgan fingerprint density at radius 1 is 1.38 bits per heavy atom. The minimum Gasteiger partial charge on any atom is -0.460 e. The summed E-state index contributed by atoms with van der Waals surface area (Å²) in [4.78, 5) is 11.7. The van der Waals surface area contributed by atoms with E-state index in [1.54, 1.807) is 20.8 Å². The zero-order valence-electron chi connectivity index (χ0n) is 9.49. The molecular weight excluding hydrogens is 254 g/mol. The summed E-state index contributed by atoms with van der Waals surface area (Å²) in [6.45, 7) is 5.67. The zero-order valence-corrected chi connectivity index (χ0v) is 11.1. The van der Waals surface area contributed by atoms with E-state index in [9.17, 15) is 13.2 Å². The Kier molecular flexibility index (Phi) is 3.87. The van der Waals surface area contributed by atoms with Gasteiger partial charge in [-0.15, -0.1) is 0 Å². The van der Waals surface area contributed by atoms with Gasteiger partial charge in [-0.3, -0.25) is 4.79 Å². The minimum absolute atomic E-state index is 0.190. The molecule has 0 radical (unpaired) electrons. The lowest BCUT2D eigenvalue weighted by molar-refractivity contribution is -0.159. The summed E-state index contributed by atoms with van der Waals surface area (Å²) in [7, 11) is 1.53. The molecule has 16 heavy (non-hydrogen) atoms. The molecule has 5 nitrogen and oxygen atoms in total. The van der Waals surface area contributed by atoms with Gasteiger partial charge in [-0.2, -0.15) is 0 Å². The third-order valence-electron chi connectivity index (χ3n) is 2.23. The van der Waals surface area contributed by atoms with Crippen molar-refractivity contribution in [1.82, 2.24) is 5.32 Å². The van der Waals surface area contributed by atoms with E-state index in [1.165, 1.54) is 0 Å². The third-order valence-corrected chi connectivity index (χ3v) is 4.13. The van der Waals surface area contributed by atoms with Crippen molar-refractivity contribution in [3.8, 4) is 0 Å². The zero-order chi connectivity index (χ0) is 12.6. The van der Waals surface area contributed by atoms with Crippen LogP contribution in [0.1, 0.15) is 20.8 Å². The molecule has 1 fully saturated rings. The molecule has 94 valence electrons. The van der Waals surface area contributed by atoms with Crippen molar-refractivity contribution in [2.75, 3.05) is 13.1 Å². The van der Waals surface area contributed by atoms with Crippen LogP contribution in [-0.2, 0) is 18.6 Å². The summed E-state index contributed by atoms with van der Waals surface area (Å²) in [5.74, 6) is -1.24. The van der Waals surface area contributed by atoms with Crippen LogP contribution >= 0.6 is 10.7 Å². The monoisotopic (exact) mass is 269 g/mol. The number of esters is 1. The summed E-state index contributed by atoms with van der Waals surface area (Å²) in [5.41, 5.74) is -0.625. The molecule has 1 rings (SSSR count). The maximum absolute atomic E-state index is 11.7. The number of halogens is 1. The number of ether oxygens (including phenoxy) is 1. The van der Waals surface area contributed by atoms with Crippen molar-refractivity contribution >= 4 is 25.7 Å². The van der Waals surface area contributed by atoms with E-state index in [0.29, 0.717) is 0 Å². The third kappa shape index (κ3) is 3.61. The summed E-state index contributed by atoms with van der Waals surface area (Å²) in [6.07, 6.45) is 0. The largest absolute Gasteiger partial charge is 0.460 e. The summed E-state index contributed by atoms with van der Waals surface area (Å²) >= 11 is 0. The van der Waals surface area contributed by atoms with Gasteiger partial charge in [0, 0.05) is 23.8 Å². The van der Waals surface area contributed by atoms with Crippen molar-refractivity contribution in [2.24, 2.45) is 5.92 Å². The molecule has 0 aromatic heterocycles. The van der Waals surface area contributed by atoms with Crippen LogP contribution in [0.4, 0.5) is 0 Å². The van der Waals surface area contributed by atoms with Crippen LogP contribution in [0.3, 0.4) is 0 Å². The number of hydrogen-bond donors (Lipinski definition) is 1. The molecule has 1 saturated heterocycles. The van der Waals surface area contributed by atoms with Crippen LogP contribution in [-0.4, -0.2) is 38.3 Å². The number of hydrogen-bond acceptors (Lipinski definition) is 5. The highest BCUT2D eigenvalue weighted by Gasteiger charge is 2.42. The van der Waals surface area contributed by atoms with Gasteiger partial charge in [0.05, 0.1) is 5.92 Å². The lowest BCUT2D eigenvalue weighted by Crippen LogP contribution is -2.36. The molecule has 1 heterocycles. The maximum atomic E-state index is 11.7. The van der Waals surface area contributed by atoms with E-state index in [2.05, 4.69) is 5.32 Å². The van der Waals surface area contributed by atoms with Gasteiger partial charge in [0.15, 0.2) is 0 Å². The van der Waals surface area contributed by atoms with Gasteiger partial charge < -0.3 is 10.1 Å². The lowest BCUT2D eigenvalue weighted by atomic mass is 10.1. The summed E-state index contributed by atoms with van der Waals surface area (Å²) in [6, 6.07) is 0. The van der Waals surface area contributed by atoms with Crippen molar-refractivity contribution in [1.29, 1.82) is 0 Å². The Morgan fingerprint density at radius 2 is 1.94 bits per heavy atom. The molecule has 0 amide bonds. The normalized spacial score (nSPS) is 26.8. The molecule has 2 unspecified atom stereocenters. The van der Waals surface area contributed by atoms with Crippen LogP contribution in [0, 0.1) is 5.92 Å². The van der Waals surface area contributed by atoms with Crippen molar-refractivity contribution < 1.29 is 17.9 Å². The Labute approximate surface area is 99.9 Å². The van der Waals surface area contributed by atoms with Crippen molar-refractivity contribution in [3.63, 3.8) is 0 Å². The van der Waals surface area contributed by atoms with E-state index < -0.39 is 31.8 Å². The van der Waals surface area contributed by atoms with Gasteiger partial charge in [0.1, 0.15) is 10.9 Å². The van der Waals surface area contributed by atoms with Gasteiger partial charge in [0.25, 0.3) is 0 Å². The van der Waals surface area contributed by atoms with Gasteiger partial charge in [0.2, 0.25) is 9.05 Å². The molecule has 0 bridgehead atoms. The van der Waals surface area contributed by atoms with Crippen LogP contribution in [0.25, 0.3) is 0 Å². The van der Waals surface area contributed by atoms with Crippen molar-refractivity contribution in [2.45, 2.75) is 31.6 Å². The van der Waals surface area contributed by atoms with E-state index in [-0.39, 0.29) is 13.1 Å². The number of carbonyl (C=O) groups excluding carboxylic acids is 1. The second-order valence-electron chi connectivity index (χ2n) is 4.81. The summed E-state index contributed by atoms with van der Waals surface area (Å²) < 4.78 is 27.6. The van der Waals surface area contributed by atoms with Crippen molar-refractivity contribution in [3.05, 3.63) is 0 Å². The Hall–Kier alpha value is -0.330. The van der Waals surface area contributed by atoms with E-state index in [0.717, 1.165) is 0 Å². The van der Waals surface area contributed by atoms with Gasteiger partial charge in [-0.05, 0) is 20.8 Å². The van der Waals surface area contributed by atoms with E-state index in [4.69, 9.17) is 15.4 Å². The molecule has 1 aliphatic rings. The minimum atomic E-state index is -3.74. The number of nitrogens with one attached hydrogen (secondary N) is 1. The van der Waals surface area contributed by atoms with Gasteiger partial charge in [-0.25, -0.2) is 8.42 Å². The quantitative estimate of drug-likeness (QED) is 0.583. The molecule has 0 aromatic rings. The van der Waals surface area contributed by atoms with E-state index >= 15 is 0 Å². The predicted molar refractivity (Wildman–Crippen MR) is 60.8 cm³/mol. The topological polar surface area (TPSA) is 72.5 Å². The van der Waals surface area contributed by atoms with Crippen LogP contribution in [0.2, 0.25) is 0 Å². The van der Waals surface area contributed by atoms with Gasteiger partial charge in [-0.1, -0.05) is 0 Å². The SMILES string of the molecule is CC(C)(C)OC(=O)C1CNCC1S(=O)(=O)Cl. The highest BCUT2D eigenvalue weighted by atomic mass is 35.7. The average molecular weight is 270 g/mol. The Bertz CT molecular complexity index is 373. The van der Waals surface area contributed by atoms with Gasteiger partial charge >= 0.3 is 5.97 Å². The van der Waals surface area contributed by atoms with E-state index in [1.807, 2.05) is 0 Å². The standard InChI is InChI=1S/C9H16ClNO4S/c1-9(2,3)15-8(12)6-4-11-5-7(6)16(10,13)14/h6-7,11H,4-5H2,1-3H3. The molecule has 2 atom stereocenters. The van der Waals surface area contributed by atoms with Crippen LogP contribution in [0.15, 0.2) is 0 Å². The van der Waals surface area contributed by atoms with Crippen LogP contribution < -0.4 is 5.32 Å². The maximum Gasteiger partial charge on any atom is 0.312 e. The molecule has 0 aromatic carbocycles. The smallest absolute Gasteiger partial charge is 0.312 e. The molecule has 1 N–H and O–H groups in total. The highest BCUT2D eigenvalue weighted by Crippen LogP contribution is 2.23. The first-order chi connectivity index (χ1) is 7.11. The second kappa shape index (κ2) is 4.50. The molecule has 0 spiro atoms. The average Bonchev–Trinajstić information content (AvgIpc) is 2.45. The number of carbonyl (C=O) groups is 1.